The van der Waals surface area contributed by atoms with Crippen LogP contribution < -0.4 is 15.4 Å². The molecule has 0 unspecified atom stereocenters. The molecule has 2 N–H and O–H groups in total. The molecule has 1 heterocycles. The first-order valence-electron chi connectivity index (χ1n) is 11.0. The molecule has 0 bridgehead atoms. The number of amides is 4. The molecule has 1 aliphatic rings. The number of carbonyl (C=O) groups excluding carboxylic acids is 3. The van der Waals surface area contributed by atoms with Crippen molar-refractivity contribution in [1.29, 1.82) is 0 Å². The van der Waals surface area contributed by atoms with Crippen molar-refractivity contribution in [3.63, 3.8) is 0 Å². The van der Waals surface area contributed by atoms with Crippen LogP contribution in [0.2, 0.25) is 0 Å². The van der Waals surface area contributed by atoms with E-state index in [0.29, 0.717) is 36.6 Å². The SMILES string of the molecule is CCCNC(=O)Nc1ccc2c(c1)OC[C@@H](C)N(C(C)=O)C[C@H](C)[C@H](OC)CN(C)C2=O. The summed E-state index contributed by atoms with van der Waals surface area (Å²) in [5, 5.41) is 5.51. The Balaban J connectivity index is 2.38. The summed E-state index contributed by atoms with van der Waals surface area (Å²) in [6, 6.07) is 4.43. The largest absolute Gasteiger partial charge is 0.491 e. The minimum absolute atomic E-state index is 0.0220. The van der Waals surface area contributed by atoms with Gasteiger partial charge in [-0.2, -0.15) is 0 Å². The van der Waals surface area contributed by atoms with Crippen molar-refractivity contribution in [2.45, 2.75) is 46.3 Å². The Hall–Kier alpha value is -2.81. The van der Waals surface area contributed by atoms with Crippen LogP contribution in [-0.4, -0.2) is 80.2 Å². The molecule has 0 saturated carbocycles. The first-order valence-corrected chi connectivity index (χ1v) is 11.0. The lowest BCUT2D eigenvalue weighted by Gasteiger charge is -2.35. The summed E-state index contributed by atoms with van der Waals surface area (Å²) >= 11 is 0. The number of benzene rings is 1. The lowest BCUT2D eigenvalue weighted by Crippen LogP contribution is -2.48. The zero-order valence-corrected chi connectivity index (χ0v) is 19.9. The van der Waals surface area contributed by atoms with Crippen LogP contribution in [0.5, 0.6) is 5.75 Å². The number of carbonyl (C=O) groups is 3. The summed E-state index contributed by atoms with van der Waals surface area (Å²) in [7, 11) is 3.33. The smallest absolute Gasteiger partial charge is 0.319 e. The number of rotatable bonds is 4. The third kappa shape index (κ3) is 6.59. The van der Waals surface area contributed by atoms with Gasteiger partial charge in [0.15, 0.2) is 0 Å². The van der Waals surface area contributed by atoms with Gasteiger partial charge in [0.05, 0.1) is 17.7 Å². The summed E-state index contributed by atoms with van der Waals surface area (Å²) in [5.74, 6) is 0.127. The van der Waals surface area contributed by atoms with Crippen molar-refractivity contribution in [2.75, 3.05) is 45.7 Å². The number of hydrogen-bond acceptors (Lipinski definition) is 5. The van der Waals surface area contributed by atoms with Gasteiger partial charge in [0.1, 0.15) is 12.4 Å². The highest BCUT2D eigenvalue weighted by Crippen LogP contribution is 2.26. The number of methoxy groups -OCH3 is 1. The highest BCUT2D eigenvalue weighted by atomic mass is 16.5. The van der Waals surface area contributed by atoms with Gasteiger partial charge in [0, 0.05) is 58.4 Å². The predicted octanol–water partition coefficient (Wildman–Crippen LogP) is 2.57. The molecule has 0 saturated heterocycles. The van der Waals surface area contributed by atoms with E-state index in [2.05, 4.69) is 10.6 Å². The number of fused-ring (bicyclic) bond motifs is 1. The van der Waals surface area contributed by atoms with E-state index in [-0.39, 0.29) is 42.5 Å². The van der Waals surface area contributed by atoms with Gasteiger partial charge < -0.3 is 29.9 Å². The monoisotopic (exact) mass is 448 g/mol. The molecule has 178 valence electrons. The zero-order valence-electron chi connectivity index (χ0n) is 19.9. The van der Waals surface area contributed by atoms with E-state index < -0.39 is 0 Å². The first kappa shape index (κ1) is 25.5. The Bertz CT molecular complexity index is 816. The van der Waals surface area contributed by atoms with Crippen LogP contribution in [0.1, 0.15) is 44.5 Å². The number of likely N-dealkylation sites (N-methyl/N-ethyl adjacent to an activating group) is 1. The third-order valence-electron chi connectivity index (χ3n) is 5.64. The van der Waals surface area contributed by atoms with Crippen LogP contribution in [0.4, 0.5) is 10.5 Å². The first-order chi connectivity index (χ1) is 15.2. The molecular weight excluding hydrogens is 412 g/mol. The fourth-order valence-corrected chi connectivity index (χ4v) is 3.70. The van der Waals surface area contributed by atoms with Gasteiger partial charge in [-0.15, -0.1) is 0 Å². The van der Waals surface area contributed by atoms with Crippen LogP contribution in [-0.2, 0) is 9.53 Å². The zero-order chi connectivity index (χ0) is 23.8. The molecule has 9 heteroatoms. The molecule has 32 heavy (non-hydrogen) atoms. The Morgan fingerprint density at radius 1 is 1.25 bits per heavy atom. The Morgan fingerprint density at radius 3 is 2.59 bits per heavy atom. The molecule has 0 aliphatic carbocycles. The van der Waals surface area contributed by atoms with Crippen molar-refractivity contribution in [3.05, 3.63) is 23.8 Å². The van der Waals surface area contributed by atoms with E-state index in [9.17, 15) is 14.4 Å². The molecule has 1 aromatic carbocycles. The summed E-state index contributed by atoms with van der Waals surface area (Å²) in [6.45, 7) is 9.07. The van der Waals surface area contributed by atoms with Crippen molar-refractivity contribution in [1.82, 2.24) is 15.1 Å². The van der Waals surface area contributed by atoms with E-state index in [0.717, 1.165) is 6.42 Å². The van der Waals surface area contributed by atoms with Crippen LogP contribution >= 0.6 is 0 Å². The maximum absolute atomic E-state index is 13.2. The average molecular weight is 449 g/mol. The minimum atomic E-state index is -0.323. The molecular formula is C23H36N4O5. The van der Waals surface area contributed by atoms with E-state index in [1.165, 1.54) is 6.92 Å². The van der Waals surface area contributed by atoms with Crippen LogP contribution in [0.3, 0.4) is 0 Å². The fraction of sp³-hybridized carbons (Fsp3) is 0.609. The lowest BCUT2D eigenvalue weighted by atomic mass is 10.0. The van der Waals surface area contributed by atoms with Crippen LogP contribution in [0, 0.1) is 5.92 Å². The highest BCUT2D eigenvalue weighted by molar-refractivity contribution is 5.98. The normalized spacial score (nSPS) is 22.2. The van der Waals surface area contributed by atoms with Gasteiger partial charge in [-0.1, -0.05) is 13.8 Å². The van der Waals surface area contributed by atoms with E-state index >= 15 is 0 Å². The number of nitrogens with zero attached hydrogens (tertiary/aromatic N) is 2. The predicted molar refractivity (Wildman–Crippen MR) is 123 cm³/mol. The average Bonchev–Trinajstić information content (AvgIpc) is 2.76. The standard InChI is InChI=1S/C23H36N4O5/c1-7-10-24-23(30)25-18-8-9-19-20(11-18)32-14-16(3)27(17(4)28)12-15(2)21(31-6)13-26(5)22(19)29/h8-9,11,15-16,21H,7,10,12-14H2,1-6H3,(H2,24,25,30)/t15-,16+,21+/m0/s1. The second kappa shape index (κ2) is 11.7. The molecule has 0 fully saturated rings. The lowest BCUT2D eigenvalue weighted by molar-refractivity contribution is -0.133. The van der Waals surface area contributed by atoms with Crippen molar-refractivity contribution < 1.29 is 23.9 Å². The minimum Gasteiger partial charge on any atom is -0.491 e. The number of anilines is 1. The van der Waals surface area contributed by atoms with E-state index in [1.54, 1.807) is 42.2 Å². The summed E-state index contributed by atoms with van der Waals surface area (Å²) in [4.78, 5) is 40.9. The Kier molecular flexibility index (Phi) is 9.31. The number of hydrogen-bond donors (Lipinski definition) is 2. The molecule has 0 spiro atoms. The molecule has 0 radical (unpaired) electrons. The van der Waals surface area contributed by atoms with Gasteiger partial charge in [0.25, 0.3) is 5.91 Å². The maximum Gasteiger partial charge on any atom is 0.319 e. The number of nitrogens with one attached hydrogen (secondary N) is 2. The molecule has 3 atom stereocenters. The van der Waals surface area contributed by atoms with Crippen molar-refractivity contribution in [2.24, 2.45) is 5.92 Å². The van der Waals surface area contributed by atoms with Crippen LogP contribution in [0.15, 0.2) is 18.2 Å². The summed E-state index contributed by atoms with van der Waals surface area (Å²) in [5.41, 5.74) is 0.899. The maximum atomic E-state index is 13.2. The van der Waals surface area contributed by atoms with E-state index in [4.69, 9.17) is 9.47 Å². The molecule has 2 rings (SSSR count). The second-order valence-corrected chi connectivity index (χ2v) is 8.36. The summed E-state index contributed by atoms with van der Waals surface area (Å²) in [6.07, 6.45) is 0.595. The topological polar surface area (TPSA) is 100 Å². The van der Waals surface area contributed by atoms with Crippen molar-refractivity contribution in [3.8, 4) is 5.75 Å². The van der Waals surface area contributed by atoms with Gasteiger partial charge in [-0.25, -0.2) is 4.79 Å². The number of urea groups is 1. The van der Waals surface area contributed by atoms with Gasteiger partial charge >= 0.3 is 6.03 Å². The highest BCUT2D eigenvalue weighted by Gasteiger charge is 2.29. The summed E-state index contributed by atoms with van der Waals surface area (Å²) < 4.78 is 11.7. The quantitative estimate of drug-likeness (QED) is 0.737. The molecule has 1 aliphatic heterocycles. The second-order valence-electron chi connectivity index (χ2n) is 8.36. The molecule has 1 aromatic rings. The molecule has 4 amide bonds. The fourth-order valence-electron chi connectivity index (χ4n) is 3.70. The van der Waals surface area contributed by atoms with Crippen LogP contribution in [0.25, 0.3) is 0 Å². The van der Waals surface area contributed by atoms with E-state index in [1.807, 2.05) is 20.8 Å². The van der Waals surface area contributed by atoms with Crippen molar-refractivity contribution >= 4 is 23.5 Å². The van der Waals surface area contributed by atoms with Gasteiger partial charge in [-0.3, -0.25) is 9.59 Å². The molecule has 9 nitrogen and oxygen atoms in total. The molecule has 0 aromatic heterocycles. The van der Waals surface area contributed by atoms with Gasteiger partial charge in [-0.05, 0) is 25.5 Å². The Morgan fingerprint density at radius 2 is 1.97 bits per heavy atom. The third-order valence-corrected chi connectivity index (χ3v) is 5.64. The number of ether oxygens (including phenoxy) is 2. The Labute approximate surface area is 190 Å². The van der Waals surface area contributed by atoms with Gasteiger partial charge in [0.2, 0.25) is 5.91 Å².